The van der Waals surface area contributed by atoms with Crippen molar-refractivity contribution in [1.82, 2.24) is 15.0 Å². The summed E-state index contributed by atoms with van der Waals surface area (Å²) in [6.07, 6.45) is 0.983. The van der Waals surface area contributed by atoms with Crippen molar-refractivity contribution in [2.75, 3.05) is 5.32 Å². The van der Waals surface area contributed by atoms with Gasteiger partial charge in [0.1, 0.15) is 5.52 Å². The fraction of sp³-hybridized carbons (Fsp3) is 0.188. The number of nitrogens with one attached hydrogen (secondary N) is 1. The Kier molecular flexibility index (Phi) is 4.06. The van der Waals surface area contributed by atoms with Crippen molar-refractivity contribution in [2.45, 2.75) is 19.9 Å². The van der Waals surface area contributed by atoms with Crippen molar-refractivity contribution < 1.29 is 4.79 Å². The fourth-order valence-electron chi connectivity index (χ4n) is 2.23. The summed E-state index contributed by atoms with van der Waals surface area (Å²) in [4.78, 5) is 12.3. The summed E-state index contributed by atoms with van der Waals surface area (Å²) >= 11 is 5.83. The van der Waals surface area contributed by atoms with E-state index < -0.39 is 0 Å². The maximum Gasteiger partial charge on any atom is 0.255 e. The van der Waals surface area contributed by atoms with Gasteiger partial charge >= 0.3 is 0 Å². The van der Waals surface area contributed by atoms with Crippen LogP contribution in [0.25, 0.3) is 11.0 Å². The second kappa shape index (κ2) is 6.15. The molecule has 22 heavy (non-hydrogen) atoms. The Morgan fingerprint density at radius 3 is 2.73 bits per heavy atom. The van der Waals surface area contributed by atoms with E-state index in [0.29, 0.717) is 16.3 Å². The molecule has 0 aliphatic rings. The molecule has 2 aromatic carbocycles. The molecule has 0 atom stereocenters. The van der Waals surface area contributed by atoms with Gasteiger partial charge in [-0.2, -0.15) is 0 Å². The molecule has 0 spiro atoms. The Morgan fingerprint density at radius 2 is 2.00 bits per heavy atom. The molecule has 3 rings (SSSR count). The van der Waals surface area contributed by atoms with Gasteiger partial charge in [0.15, 0.2) is 0 Å². The predicted molar refractivity (Wildman–Crippen MR) is 87.2 cm³/mol. The van der Waals surface area contributed by atoms with Crippen LogP contribution in [-0.2, 0) is 6.54 Å². The molecule has 6 heteroatoms. The molecule has 0 saturated heterocycles. The van der Waals surface area contributed by atoms with Crippen LogP contribution in [0.5, 0.6) is 0 Å². The Balaban J connectivity index is 1.83. The maximum atomic E-state index is 12.3. The third-order valence-corrected chi connectivity index (χ3v) is 3.57. The molecule has 0 aliphatic heterocycles. The van der Waals surface area contributed by atoms with Gasteiger partial charge in [0.25, 0.3) is 5.91 Å². The minimum Gasteiger partial charge on any atom is -0.322 e. The number of carbonyl (C=O) groups is 1. The molecule has 1 amide bonds. The zero-order chi connectivity index (χ0) is 15.5. The number of nitrogens with zero attached hydrogens (tertiary/aromatic N) is 3. The first kappa shape index (κ1) is 14.5. The molecule has 5 nitrogen and oxygen atoms in total. The molecular weight excluding hydrogens is 300 g/mol. The normalized spacial score (nSPS) is 10.8. The van der Waals surface area contributed by atoms with Crippen LogP contribution in [-0.4, -0.2) is 20.9 Å². The number of hydrogen-bond acceptors (Lipinski definition) is 3. The third-order valence-electron chi connectivity index (χ3n) is 3.31. The van der Waals surface area contributed by atoms with E-state index in [1.165, 1.54) is 0 Å². The average Bonchev–Trinajstić information content (AvgIpc) is 2.92. The number of anilines is 1. The lowest BCUT2D eigenvalue weighted by atomic mass is 10.2. The van der Waals surface area contributed by atoms with Crippen LogP contribution in [0.1, 0.15) is 23.7 Å². The van der Waals surface area contributed by atoms with Crippen molar-refractivity contribution >= 4 is 34.2 Å². The smallest absolute Gasteiger partial charge is 0.255 e. The highest BCUT2D eigenvalue weighted by Crippen LogP contribution is 2.17. The van der Waals surface area contributed by atoms with Crippen molar-refractivity contribution in [3.63, 3.8) is 0 Å². The minimum atomic E-state index is -0.186. The lowest BCUT2D eigenvalue weighted by Gasteiger charge is -2.05. The summed E-state index contributed by atoms with van der Waals surface area (Å²) in [5.41, 5.74) is 2.90. The van der Waals surface area contributed by atoms with Gasteiger partial charge in [0, 0.05) is 22.8 Å². The lowest BCUT2D eigenvalue weighted by molar-refractivity contribution is 0.102. The van der Waals surface area contributed by atoms with Crippen molar-refractivity contribution in [2.24, 2.45) is 0 Å². The van der Waals surface area contributed by atoms with Crippen LogP contribution in [0.15, 0.2) is 42.5 Å². The van der Waals surface area contributed by atoms with E-state index in [-0.39, 0.29) is 5.91 Å². The first-order valence-corrected chi connectivity index (χ1v) is 7.45. The minimum absolute atomic E-state index is 0.186. The van der Waals surface area contributed by atoms with Gasteiger partial charge in [-0.05, 0) is 48.9 Å². The van der Waals surface area contributed by atoms with Gasteiger partial charge in [0.2, 0.25) is 0 Å². The highest BCUT2D eigenvalue weighted by Gasteiger charge is 2.10. The topological polar surface area (TPSA) is 59.8 Å². The van der Waals surface area contributed by atoms with Crippen molar-refractivity contribution in [3.05, 3.63) is 53.1 Å². The summed E-state index contributed by atoms with van der Waals surface area (Å²) in [5.74, 6) is -0.186. The summed E-state index contributed by atoms with van der Waals surface area (Å²) in [6.45, 7) is 2.90. The molecule has 0 saturated carbocycles. The first-order chi connectivity index (χ1) is 10.7. The molecule has 0 aliphatic carbocycles. The number of aryl methyl sites for hydroxylation is 1. The van der Waals surface area contributed by atoms with Gasteiger partial charge in [-0.1, -0.05) is 23.7 Å². The van der Waals surface area contributed by atoms with Crippen LogP contribution in [0.2, 0.25) is 5.02 Å². The molecule has 1 aromatic heterocycles. The molecule has 0 bridgehead atoms. The number of amides is 1. The molecule has 112 valence electrons. The third kappa shape index (κ3) is 2.94. The monoisotopic (exact) mass is 314 g/mol. The average molecular weight is 315 g/mol. The van der Waals surface area contributed by atoms with Crippen LogP contribution >= 0.6 is 11.6 Å². The summed E-state index contributed by atoms with van der Waals surface area (Å²) in [7, 11) is 0. The lowest BCUT2D eigenvalue weighted by Crippen LogP contribution is -2.11. The number of rotatable bonds is 4. The van der Waals surface area contributed by atoms with E-state index in [1.54, 1.807) is 36.4 Å². The molecule has 0 fully saturated rings. The Morgan fingerprint density at radius 1 is 1.23 bits per heavy atom. The van der Waals surface area contributed by atoms with E-state index in [0.717, 1.165) is 24.0 Å². The Labute approximate surface area is 132 Å². The fourth-order valence-corrected chi connectivity index (χ4v) is 2.35. The standard InChI is InChI=1S/C16H15ClN4O/c1-2-9-21-15-8-3-11(10-14(15)19-20-21)16(22)18-13-6-4-12(17)5-7-13/h3-8,10H,2,9H2,1H3,(H,18,22). The van der Waals surface area contributed by atoms with Crippen LogP contribution in [0.3, 0.4) is 0 Å². The summed E-state index contributed by atoms with van der Waals surface area (Å²) < 4.78 is 1.84. The number of benzene rings is 2. The second-order valence-electron chi connectivity index (χ2n) is 4.98. The van der Waals surface area contributed by atoms with E-state index in [1.807, 2.05) is 10.7 Å². The largest absolute Gasteiger partial charge is 0.322 e. The summed E-state index contributed by atoms with van der Waals surface area (Å²) in [5, 5.41) is 11.7. The Hall–Kier alpha value is -2.40. The zero-order valence-corrected chi connectivity index (χ0v) is 12.8. The van der Waals surface area contributed by atoms with E-state index in [2.05, 4.69) is 22.6 Å². The number of fused-ring (bicyclic) bond motifs is 1. The number of aromatic nitrogens is 3. The van der Waals surface area contributed by atoms with Crippen molar-refractivity contribution in [3.8, 4) is 0 Å². The zero-order valence-electron chi connectivity index (χ0n) is 12.1. The Bertz CT molecular complexity index is 811. The van der Waals surface area contributed by atoms with E-state index >= 15 is 0 Å². The van der Waals surface area contributed by atoms with E-state index in [9.17, 15) is 4.79 Å². The molecule has 3 aromatic rings. The molecular formula is C16H15ClN4O. The molecule has 1 N–H and O–H groups in total. The quantitative estimate of drug-likeness (QED) is 0.798. The number of carbonyl (C=O) groups excluding carboxylic acids is 1. The maximum absolute atomic E-state index is 12.3. The van der Waals surface area contributed by atoms with Gasteiger partial charge in [-0.15, -0.1) is 5.10 Å². The SMILES string of the molecule is CCCn1nnc2cc(C(=O)Nc3ccc(Cl)cc3)ccc21. The van der Waals surface area contributed by atoms with Crippen LogP contribution < -0.4 is 5.32 Å². The number of halogens is 1. The van der Waals surface area contributed by atoms with Gasteiger partial charge < -0.3 is 5.32 Å². The molecule has 1 heterocycles. The van der Waals surface area contributed by atoms with Gasteiger partial charge in [-0.25, -0.2) is 4.68 Å². The van der Waals surface area contributed by atoms with Gasteiger partial charge in [-0.3, -0.25) is 4.79 Å². The number of hydrogen-bond donors (Lipinski definition) is 1. The first-order valence-electron chi connectivity index (χ1n) is 7.07. The van der Waals surface area contributed by atoms with Crippen molar-refractivity contribution in [1.29, 1.82) is 0 Å². The summed E-state index contributed by atoms with van der Waals surface area (Å²) in [6, 6.07) is 12.4. The molecule has 0 radical (unpaired) electrons. The highest BCUT2D eigenvalue weighted by molar-refractivity contribution is 6.30. The van der Waals surface area contributed by atoms with Crippen LogP contribution in [0.4, 0.5) is 5.69 Å². The molecule has 0 unspecified atom stereocenters. The van der Waals surface area contributed by atoms with E-state index in [4.69, 9.17) is 11.6 Å². The van der Waals surface area contributed by atoms with Gasteiger partial charge in [0.05, 0.1) is 5.52 Å². The highest BCUT2D eigenvalue weighted by atomic mass is 35.5. The second-order valence-corrected chi connectivity index (χ2v) is 5.41. The predicted octanol–water partition coefficient (Wildman–Crippen LogP) is 3.75. The van der Waals surface area contributed by atoms with Crippen LogP contribution in [0, 0.1) is 0 Å².